The first kappa shape index (κ1) is 11.8. The van der Waals surface area contributed by atoms with Gasteiger partial charge in [-0.05, 0) is 6.07 Å². The molecule has 0 aromatic carbocycles. The molecule has 0 aliphatic carbocycles. The quantitative estimate of drug-likeness (QED) is 0.626. The van der Waals surface area contributed by atoms with Crippen molar-refractivity contribution < 1.29 is 9.59 Å². The second-order valence-electron chi connectivity index (χ2n) is 3.20. The monoisotopic (exact) mass is 223 g/mol. The van der Waals surface area contributed by atoms with Gasteiger partial charge in [-0.3, -0.25) is 15.1 Å². The molecule has 0 fully saturated rings. The van der Waals surface area contributed by atoms with Gasteiger partial charge in [0.2, 0.25) is 5.91 Å². The average molecular weight is 223 g/mol. The topological polar surface area (TPSA) is 114 Å². The second-order valence-corrected chi connectivity index (χ2v) is 3.20. The summed E-state index contributed by atoms with van der Waals surface area (Å²) < 4.78 is 0. The number of aromatic nitrogens is 1. The van der Waals surface area contributed by atoms with Gasteiger partial charge >= 0.3 is 6.03 Å². The number of anilines is 2. The van der Waals surface area contributed by atoms with Crippen LogP contribution in [0.1, 0.15) is 0 Å². The fourth-order valence-electron chi connectivity index (χ4n) is 1.22. The lowest BCUT2D eigenvalue weighted by Crippen LogP contribution is -2.41. The molecule has 0 spiro atoms. The minimum atomic E-state index is -0.874. The predicted octanol–water partition coefficient (Wildman–Crippen LogP) is -0.705. The summed E-state index contributed by atoms with van der Waals surface area (Å²) in [5, 5.41) is 1.96. The van der Waals surface area contributed by atoms with Crippen LogP contribution in [0.15, 0.2) is 18.5 Å². The molecule has 1 aromatic heterocycles. The summed E-state index contributed by atoms with van der Waals surface area (Å²) in [7, 11) is 1.67. The number of nitrogens with zero attached hydrogens (tertiary/aromatic N) is 2. The Balaban J connectivity index is 2.66. The van der Waals surface area contributed by atoms with Crippen LogP contribution in [0.4, 0.5) is 16.2 Å². The van der Waals surface area contributed by atoms with E-state index in [2.05, 4.69) is 4.98 Å². The number of nitrogen functional groups attached to an aromatic ring is 1. The molecule has 0 aliphatic rings. The zero-order valence-corrected chi connectivity index (χ0v) is 8.80. The molecule has 0 unspecified atom stereocenters. The van der Waals surface area contributed by atoms with Gasteiger partial charge in [-0.25, -0.2) is 4.79 Å². The third kappa shape index (κ3) is 3.12. The van der Waals surface area contributed by atoms with Gasteiger partial charge in [0.15, 0.2) is 0 Å². The Morgan fingerprint density at radius 1 is 1.56 bits per heavy atom. The van der Waals surface area contributed by atoms with Crippen LogP contribution in [0.5, 0.6) is 0 Å². The lowest BCUT2D eigenvalue weighted by atomic mass is 10.3. The highest BCUT2D eigenvalue weighted by atomic mass is 16.2. The van der Waals surface area contributed by atoms with Gasteiger partial charge < -0.3 is 16.4 Å². The van der Waals surface area contributed by atoms with E-state index in [1.54, 1.807) is 24.2 Å². The molecule has 0 saturated carbocycles. The van der Waals surface area contributed by atoms with Crippen LogP contribution >= 0.6 is 0 Å². The Hall–Kier alpha value is -2.31. The zero-order valence-electron chi connectivity index (χ0n) is 8.80. The number of rotatable bonds is 3. The Morgan fingerprint density at radius 2 is 2.25 bits per heavy atom. The molecule has 7 heteroatoms. The Bertz CT molecular complexity index is 407. The van der Waals surface area contributed by atoms with Crippen molar-refractivity contribution in [1.82, 2.24) is 10.3 Å². The van der Waals surface area contributed by atoms with Crippen LogP contribution in [0.25, 0.3) is 0 Å². The van der Waals surface area contributed by atoms with E-state index in [0.29, 0.717) is 11.4 Å². The van der Waals surface area contributed by atoms with Crippen LogP contribution in [0.2, 0.25) is 0 Å². The predicted molar refractivity (Wildman–Crippen MR) is 59.6 cm³/mol. The molecule has 5 N–H and O–H groups in total. The SMILES string of the molecule is CN(CC(=O)NC(N)=O)c1ccncc1N. The number of hydrogen-bond donors (Lipinski definition) is 3. The van der Waals surface area contributed by atoms with Crippen molar-refractivity contribution in [3.8, 4) is 0 Å². The van der Waals surface area contributed by atoms with Gasteiger partial charge in [-0.15, -0.1) is 0 Å². The van der Waals surface area contributed by atoms with Crippen molar-refractivity contribution in [2.45, 2.75) is 0 Å². The molecule has 1 aromatic rings. The number of hydrogen-bond acceptors (Lipinski definition) is 5. The van der Waals surface area contributed by atoms with Crippen molar-refractivity contribution in [2.24, 2.45) is 5.73 Å². The highest BCUT2D eigenvalue weighted by Crippen LogP contribution is 2.18. The molecule has 1 rings (SSSR count). The fourth-order valence-corrected chi connectivity index (χ4v) is 1.22. The first-order valence-electron chi connectivity index (χ1n) is 4.50. The van der Waals surface area contributed by atoms with Crippen LogP contribution in [0.3, 0.4) is 0 Å². The number of pyridine rings is 1. The molecule has 16 heavy (non-hydrogen) atoms. The Labute approximate surface area is 92.4 Å². The van der Waals surface area contributed by atoms with Gasteiger partial charge in [-0.1, -0.05) is 0 Å². The summed E-state index contributed by atoms with van der Waals surface area (Å²) in [6.45, 7) is -0.0167. The zero-order chi connectivity index (χ0) is 12.1. The molecule has 86 valence electrons. The van der Waals surface area contributed by atoms with E-state index in [0.717, 1.165) is 0 Å². The van der Waals surface area contributed by atoms with Crippen molar-refractivity contribution in [3.05, 3.63) is 18.5 Å². The van der Waals surface area contributed by atoms with Crippen LogP contribution in [-0.2, 0) is 4.79 Å². The smallest absolute Gasteiger partial charge is 0.318 e. The van der Waals surface area contributed by atoms with E-state index < -0.39 is 11.9 Å². The van der Waals surface area contributed by atoms with Crippen molar-refractivity contribution in [2.75, 3.05) is 24.2 Å². The molecule has 0 atom stereocenters. The van der Waals surface area contributed by atoms with E-state index in [-0.39, 0.29) is 6.54 Å². The van der Waals surface area contributed by atoms with Gasteiger partial charge in [0, 0.05) is 13.2 Å². The molecule has 1 heterocycles. The summed E-state index contributed by atoms with van der Waals surface area (Å²) >= 11 is 0. The van der Waals surface area contributed by atoms with Gasteiger partial charge in [0.1, 0.15) is 0 Å². The third-order valence-electron chi connectivity index (χ3n) is 1.88. The molecule has 3 amide bonds. The van der Waals surface area contributed by atoms with Crippen LogP contribution < -0.4 is 21.7 Å². The number of primary amides is 1. The number of urea groups is 1. The number of carbonyl (C=O) groups is 2. The van der Waals surface area contributed by atoms with Crippen LogP contribution in [0, 0.1) is 0 Å². The number of carbonyl (C=O) groups excluding carboxylic acids is 2. The van der Waals surface area contributed by atoms with Crippen LogP contribution in [-0.4, -0.2) is 30.5 Å². The first-order chi connectivity index (χ1) is 7.50. The van der Waals surface area contributed by atoms with Crippen molar-refractivity contribution in [1.29, 1.82) is 0 Å². The molecule has 0 saturated heterocycles. The highest BCUT2D eigenvalue weighted by Gasteiger charge is 2.10. The van der Waals surface area contributed by atoms with E-state index in [4.69, 9.17) is 11.5 Å². The third-order valence-corrected chi connectivity index (χ3v) is 1.88. The van der Waals surface area contributed by atoms with E-state index in [1.807, 2.05) is 5.32 Å². The van der Waals surface area contributed by atoms with Gasteiger partial charge in [0.05, 0.1) is 24.1 Å². The first-order valence-corrected chi connectivity index (χ1v) is 4.50. The average Bonchev–Trinajstić information content (AvgIpc) is 2.16. The molecular weight excluding hydrogens is 210 g/mol. The number of imide groups is 1. The number of likely N-dealkylation sites (N-methyl/N-ethyl adjacent to an activating group) is 1. The van der Waals surface area contributed by atoms with Crippen molar-refractivity contribution >= 4 is 23.3 Å². The minimum Gasteiger partial charge on any atom is -0.396 e. The van der Waals surface area contributed by atoms with Gasteiger partial charge in [-0.2, -0.15) is 0 Å². The molecule has 0 bridgehead atoms. The largest absolute Gasteiger partial charge is 0.396 e. The summed E-state index contributed by atoms with van der Waals surface area (Å²) in [6, 6.07) is 0.800. The van der Waals surface area contributed by atoms with Gasteiger partial charge in [0.25, 0.3) is 0 Å². The maximum absolute atomic E-state index is 11.2. The number of nitrogens with two attached hydrogens (primary N) is 2. The normalized spacial score (nSPS) is 9.56. The maximum Gasteiger partial charge on any atom is 0.318 e. The highest BCUT2D eigenvalue weighted by molar-refractivity contribution is 5.96. The summed E-state index contributed by atoms with van der Waals surface area (Å²) in [5.41, 5.74) is 11.6. The van der Waals surface area contributed by atoms with E-state index in [1.165, 1.54) is 6.20 Å². The summed E-state index contributed by atoms with van der Waals surface area (Å²) in [6.07, 6.45) is 3.05. The Kier molecular flexibility index (Phi) is 3.65. The van der Waals surface area contributed by atoms with E-state index >= 15 is 0 Å². The maximum atomic E-state index is 11.2. The summed E-state index contributed by atoms with van der Waals surface area (Å²) in [4.78, 5) is 27.1. The number of nitrogens with one attached hydrogen (secondary N) is 1. The molecular formula is C9H13N5O2. The standard InChI is InChI=1S/C9H13N5O2/c1-14(5-8(15)13-9(11)16)7-2-3-12-4-6(7)10/h2-4H,5,10H2,1H3,(H3,11,13,15,16). The lowest BCUT2D eigenvalue weighted by Gasteiger charge is -2.19. The number of amides is 3. The minimum absolute atomic E-state index is 0.0167. The van der Waals surface area contributed by atoms with Crippen molar-refractivity contribution in [3.63, 3.8) is 0 Å². The lowest BCUT2D eigenvalue weighted by molar-refractivity contribution is -0.118. The molecule has 7 nitrogen and oxygen atoms in total. The fraction of sp³-hybridized carbons (Fsp3) is 0.222. The second kappa shape index (κ2) is 4.96. The molecule has 0 radical (unpaired) electrons. The van der Waals surface area contributed by atoms with E-state index in [9.17, 15) is 9.59 Å². The summed E-state index contributed by atoms with van der Waals surface area (Å²) in [5.74, 6) is -0.494. The Morgan fingerprint density at radius 3 is 2.81 bits per heavy atom. The molecule has 0 aliphatic heterocycles.